The highest BCUT2D eigenvalue weighted by atomic mass is 19.1. The second-order valence-electron chi connectivity index (χ2n) is 9.34. The molecule has 210 valence electrons. The van der Waals surface area contributed by atoms with Crippen LogP contribution in [-0.4, -0.2) is 42.5 Å². The zero-order valence-electron chi connectivity index (χ0n) is 22.4. The van der Waals surface area contributed by atoms with Crippen LogP contribution in [0.15, 0.2) is 78.8 Å². The summed E-state index contributed by atoms with van der Waals surface area (Å²) in [6.45, 7) is 0.660. The molecule has 1 aliphatic rings. The van der Waals surface area contributed by atoms with Gasteiger partial charge in [-0.05, 0) is 67.3 Å². The maximum absolute atomic E-state index is 13.3. The molecule has 1 saturated carbocycles. The molecule has 10 nitrogen and oxygen atoms in total. The Morgan fingerprint density at radius 2 is 1.66 bits per heavy atom. The monoisotopic (exact) mass is 557 g/mol. The first-order valence-electron chi connectivity index (χ1n) is 12.9. The third-order valence-electron chi connectivity index (χ3n) is 6.35. The van der Waals surface area contributed by atoms with E-state index in [0.29, 0.717) is 52.1 Å². The van der Waals surface area contributed by atoms with Crippen molar-refractivity contribution >= 4 is 34.2 Å². The van der Waals surface area contributed by atoms with Crippen molar-refractivity contribution in [2.24, 2.45) is 5.92 Å². The largest absolute Gasteiger partial charge is 0.493 e. The fraction of sp³-hybridized carbons (Fsp3) is 0.200. The number of nitrogens with one attached hydrogen (secondary N) is 3. The molecule has 0 spiro atoms. The van der Waals surface area contributed by atoms with E-state index >= 15 is 0 Å². The number of rotatable bonds is 11. The van der Waals surface area contributed by atoms with E-state index in [1.54, 1.807) is 50.7 Å². The first-order chi connectivity index (χ1) is 19.9. The molecule has 0 saturated heterocycles. The number of amides is 2. The van der Waals surface area contributed by atoms with Crippen molar-refractivity contribution in [3.63, 3.8) is 0 Å². The number of aromatic nitrogens is 2. The predicted molar refractivity (Wildman–Crippen MR) is 152 cm³/mol. The summed E-state index contributed by atoms with van der Waals surface area (Å²) in [6, 6.07) is 13.7. The van der Waals surface area contributed by atoms with Crippen LogP contribution in [0.4, 0.5) is 15.9 Å². The fourth-order valence-electron chi connectivity index (χ4n) is 3.98. The second-order valence-corrected chi connectivity index (χ2v) is 9.34. The maximum Gasteiger partial charge on any atom is 0.263 e. The topological polar surface area (TPSA) is 124 Å². The van der Waals surface area contributed by atoms with Gasteiger partial charge in [-0.25, -0.2) is 9.37 Å². The van der Waals surface area contributed by atoms with Crippen molar-refractivity contribution in [1.29, 1.82) is 0 Å². The van der Waals surface area contributed by atoms with Crippen molar-refractivity contribution < 1.29 is 28.2 Å². The number of pyridine rings is 2. The van der Waals surface area contributed by atoms with Gasteiger partial charge in [-0.15, -0.1) is 0 Å². The Hall–Kier alpha value is -5.19. The molecule has 4 aromatic rings. The minimum Gasteiger partial charge on any atom is -0.493 e. The van der Waals surface area contributed by atoms with Crippen LogP contribution in [0.3, 0.4) is 0 Å². The summed E-state index contributed by atoms with van der Waals surface area (Å²) in [4.78, 5) is 34.7. The molecule has 2 heterocycles. The smallest absolute Gasteiger partial charge is 0.263 e. The standard InChI is InChI=1S/C30H28FN5O5/c1-39-26-13-22-24(14-27(26)40-2)33-12-11-25(22)41-21-9-10-28(34-16-21)36-30(38)23(17-32-15-18-3-4-18)29(37)35-20-7-5-19(31)6-8-20/h5-14,16-18,32H,3-4,15H2,1-2H3,(H,35,37)(H,34,36,38)/b23-17+. The Balaban J connectivity index is 1.29. The van der Waals surface area contributed by atoms with Crippen molar-refractivity contribution in [1.82, 2.24) is 15.3 Å². The van der Waals surface area contributed by atoms with Crippen LogP contribution in [0.5, 0.6) is 23.0 Å². The number of hydrogen-bond acceptors (Lipinski definition) is 8. The molecule has 41 heavy (non-hydrogen) atoms. The van der Waals surface area contributed by atoms with E-state index in [-0.39, 0.29) is 11.4 Å². The van der Waals surface area contributed by atoms with Crippen LogP contribution in [0.25, 0.3) is 10.9 Å². The molecular formula is C30H28FN5O5. The van der Waals surface area contributed by atoms with E-state index in [1.165, 1.54) is 36.7 Å². The lowest BCUT2D eigenvalue weighted by atomic mass is 10.2. The highest BCUT2D eigenvalue weighted by Crippen LogP contribution is 2.36. The van der Waals surface area contributed by atoms with E-state index < -0.39 is 17.6 Å². The van der Waals surface area contributed by atoms with E-state index in [1.807, 2.05) is 0 Å². The normalized spacial score (nSPS) is 12.9. The first-order valence-corrected chi connectivity index (χ1v) is 12.9. The van der Waals surface area contributed by atoms with Crippen molar-refractivity contribution in [3.05, 3.63) is 84.6 Å². The molecule has 0 bridgehead atoms. The van der Waals surface area contributed by atoms with Crippen LogP contribution in [-0.2, 0) is 9.59 Å². The molecule has 1 fully saturated rings. The molecule has 2 aromatic carbocycles. The molecule has 2 aromatic heterocycles. The van der Waals surface area contributed by atoms with Crippen LogP contribution in [0, 0.1) is 11.7 Å². The second kappa shape index (κ2) is 12.3. The summed E-state index contributed by atoms with van der Waals surface area (Å²) in [5, 5.41) is 9.03. The first kappa shape index (κ1) is 27.4. The summed E-state index contributed by atoms with van der Waals surface area (Å²) >= 11 is 0. The number of methoxy groups -OCH3 is 2. The highest BCUT2D eigenvalue weighted by molar-refractivity contribution is 6.26. The van der Waals surface area contributed by atoms with Crippen LogP contribution < -0.4 is 30.2 Å². The molecule has 5 rings (SSSR count). The Kier molecular flexibility index (Phi) is 8.23. The van der Waals surface area contributed by atoms with Gasteiger partial charge in [0.15, 0.2) is 11.5 Å². The predicted octanol–water partition coefficient (Wildman–Crippen LogP) is 5.04. The zero-order chi connectivity index (χ0) is 28.8. The quantitative estimate of drug-likeness (QED) is 0.133. The Bertz CT molecular complexity index is 1590. The summed E-state index contributed by atoms with van der Waals surface area (Å²) in [5.74, 6) is 1.05. The van der Waals surface area contributed by atoms with Crippen molar-refractivity contribution in [2.45, 2.75) is 12.8 Å². The molecule has 3 N–H and O–H groups in total. The zero-order valence-corrected chi connectivity index (χ0v) is 22.4. The number of fused-ring (bicyclic) bond motifs is 1. The lowest BCUT2D eigenvalue weighted by molar-refractivity contribution is -0.118. The van der Waals surface area contributed by atoms with Gasteiger partial charge in [-0.3, -0.25) is 14.6 Å². The summed E-state index contributed by atoms with van der Waals surface area (Å²) < 4.78 is 30.0. The number of nitrogens with zero attached hydrogens (tertiary/aromatic N) is 2. The number of hydrogen-bond donors (Lipinski definition) is 3. The van der Waals surface area contributed by atoms with E-state index in [4.69, 9.17) is 14.2 Å². The molecule has 0 aliphatic heterocycles. The SMILES string of the molecule is COc1cc2nccc(Oc3ccc(NC(=O)/C(=C/NCC4CC4)C(=O)Nc4ccc(F)cc4)nc3)c2cc1OC. The molecule has 1 aliphatic carbocycles. The number of halogens is 1. The number of carbonyl (C=O) groups excluding carboxylic acids is 2. The van der Waals surface area contributed by atoms with Gasteiger partial charge >= 0.3 is 0 Å². The number of carbonyl (C=O) groups is 2. The molecule has 0 atom stereocenters. The van der Waals surface area contributed by atoms with Gasteiger partial charge in [0.25, 0.3) is 11.8 Å². The molecule has 2 amide bonds. The van der Waals surface area contributed by atoms with Gasteiger partial charge < -0.3 is 30.2 Å². The van der Waals surface area contributed by atoms with Crippen molar-refractivity contribution in [2.75, 3.05) is 31.4 Å². The molecule has 11 heteroatoms. The summed E-state index contributed by atoms with van der Waals surface area (Å²) in [6.07, 6.45) is 6.69. The minimum absolute atomic E-state index is 0.148. The number of anilines is 2. The third kappa shape index (κ3) is 6.88. The van der Waals surface area contributed by atoms with E-state index in [9.17, 15) is 14.0 Å². The Morgan fingerprint density at radius 3 is 2.34 bits per heavy atom. The fourth-order valence-corrected chi connectivity index (χ4v) is 3.98. The molecular weight excluding hydrogens is 529 g/mol. The van der Waals surface area contributed by atoms with E-state index in [0.717, 1.165) is 12.8 Å². The van der Waals surface area contributed by atoms with Gasteiger partial charge in [0.2, 0.25) is 0 Å². The maximum atomic E-state index is 13.3. The van der Waals surface area contributed by atoms with Gasteiger partial charge in [0, 0.05) is 36.1 Å². The minimum atomic E-state index is -0.657. The average molecular weight is 558 g/mol. The van der Waals surface area contributed by atoms with Crippen molar-refractivity contribution in [3.8, 4) is 23.0 Å². The van der Waals surface area contributed by atoms with Crippen LogP contribution in [0.2, 0.25) is 0 Å². The van der Waals surface area contributed by atoms with E-state index in [2.05, 4.69) is 25.9 Å². The third-order valence-corrected chi connectivity index (χ3v) is 6.35. The molecule has 0 unspecified atom stereocenters. The Labute approximate surface area is 235 Å². The lowest BCUT2D eigenvalue weighted by Gasteiger charge is -2.13. The lowest BCUT2D eigenvalue weighted by Crippen LogP contribution is -2.28. The number of benzene rings is 2. The number of ether oxygens (including phenoxy) is 3. The van der Waals surface area contributed by atoms with Gasteiger partial charge in [-0.1, -0.05) is 0 Å². The summed E-state index contributed by atoms with van der Waals surface area (Å²) in [5.41, 5.74) is 0.867. The Morgan fingerprint density at radius 1 is 0.927 bits per heavy atom. The summed E-state index contributed by atoms with van der Waals surface area (Å²) in [7, 11) is 3.10. The van der Waals surface area contributed by atoms with Crippen LogP contribution in [0.1, 0.15) is 12.8 Å². The van der Waals surface area contributed by atoms with Gasteiger partial charge in [0.05, 0.1) is 25.9 Å². The average Bonchev–Trinajstić information content (AvgIpc) is 3.81. The van der Waals surface area contributed by atoms with Gasteiger partial charge in [0.1, 0.15) is 28.7 Å². The van der Waals surface area contributed by atoms with Gasteiger partial charge in [-0.2, -0.15) is 0 Å². The molecule has 0 radical (unpaired) electrons. The highest BCUT2D eigenvalue weighted by Gasteiger charge is 2.22. The van der Waals surface area contributed by atoms with Crippen LogP contribution >= 0.6 is 0 Å².